The molecule has 1 aromatic rings. The molecular formula is C12H16ClFN2O. The monoisotopic (exact) mass is 258 g/mol. The average molecular weight is 259 g/mol. The summed E-state index contributed by atoms with van der Waals surface area (Å²) in [5.74, 6) is 5.15. The molecule has 0 amide bonds. The van der Waals surface area contributed by atoms with E-state index in [1.165, 1.54) is 6.07 Å². The Morgan fingerprint density at radius 3 is 3.06 bits per heavy atom. The largest absolute Gasteiger partial charge is 0.371 e. The van der Waals surface area contributed by atoms with Gasteiger partial charge < -0.3 is 9.74 Å². The van der Waals surface area contributed by atoms with Gasteiger partial charge in [0.1, 0.15) is 5.82 Å². The molecule has 0 spiro atoms. The number of benzene rings is 1. The summed E-state index contributed by atoms with van der Waals surface area (Å²) in [7, 11) is 0. The van der Waals surface area contributed by atoms with Crippen LogP contribution in [0.15, 0.2) is 18.2 Å². The van der Waals surface area contributed by atoms with Gasteiger partial charge in [0, 0.05) is 24.7 Å². The zero-order valence-corrected chi connectivity index (χ0v) is 10.3. The topological polar surface area (TPSA) is 38.5 Å². The Bertz CT molecular complexity index is 387. The molecule has 2 N–H and O–H groups in total. The second-order valence-electron chi connectivity index (χ2n) is 4.39. The van der Waals surface area contributed by atoms with Gasteiger partial charge in [-0.1, -0.05) is 11.6 Å². The number of piperidine rings is 1. The van der Waals surface area contributed by atoms with Crippen LogP contribution >= 0.6 is 11.6 Å². The molecule has 0 aliphatic carbocycles. The number of anilines is 1. The molecule has 0 saturated carbocycles. The number of hydrogen-bond donors (Lipinski definition) is 1. The Labute approximate surface area is 105 Å². The van der Waals surface area contributed by atoms with E-state index in [-0.39, 0.29) is 10.8 Å². The molecule has 1 heterocycles. The van der Waals surface area contributed by atoms with Crippen LogP contribution in [0.25, 0.3) is 0 Å². The maximum absolute atomic E-state index is 13.1. The summed E-state index contributed by atoms with van der Waals surface area (Å²) in [6.45, 7) is 2.40. The van der Waals surface area contributed by atoms with E-state index in [1.807, 2.05) is 0 Å². The zero-order valence-electron chi connectivity index (χ0n) is 9.53. The molecular weight excluding hydrogens is 243 g/mol. The van der Waals surface area contributed by atoms with Crippen LogP contribution in [0.4, 0.5) is 10.1 Å². The van der Waals surface area contributed by atoms with Crippen LogP contribution in [-0.2, 0) is 4.84 Å². The second kappa shape index (κ2) is 5.67. The Balaban J connectivity index is 2.08. The van der Waals surface area contributed by atoms with Gasteiger partial charge in [-0.3, -0.25) is 0 Å². The summed E-state index contributed by atoms with van der Waals surface area (Å²) in [5, 5.41) is 0.166. The van der Waals surface area contributed by atoms with Crippen molar-refractivity contribution in [3.05, 3.63) is 29.0 Å². The van der Waals surface area contributed by atoms with E-state index in [1.54, 1.807) is 12.1 Å². The highest BCUT2D eigenvalue weighted by Gasteiger charge is 2.20. The third-order valence-corrected chi connectivity index (χ3v) is 3.41. The van der Waals surface area contributed by atoms with Crippen LogP contribution in [0.2, 0.25) is 5.02 Å². The van der Waals surface area contributed by atoms with Crippen LogP contribution in [0.3, 0.4) is 0 Å². The van der Waals surface area contributed by atoms with Crippen molar-refractivity contribution in [2.45, 2.75) is 12.8 Å². The molecule has 5 heteroatoms. The number of nitrogens with zero attached hydrogens (tertiary/aromatic N) is 1. The fourth-order valence-electron chi connectivity index (χ4n) is 2.25. The standard InChI is InChI=1S/C12H16ClFN2O/c13-11-6-10(3-4-12(11)14)16-5-1-2-9(7-16)8-17-15/h3-4,6,9H,1-2,5,7-8,15H2. The fourth-order valence-corrected chi connectivity index (χ4v) is 2.43. The molecule has 0 radical (unpaired) electrons. The van der Waals surface area contributed by atoms with Crippen LogP contribution in [0.1, 0.15) is 12.8 Å². The molecule has 0 aromatic heterocycles. The normalized spacial score (nSPS) is 20.6. The number of hydrogen-bond acceptors (Lipinski definition) is 3. The molecule has 1 atom stereocenters. The molecule has 3 nitrogen and oxygen atoms in total. The van der Waals surface area contributed by atoms with E-state index in [0.29, 0.717) is 12.5 Å². The Kier molecular flexibility index (Phi) is 4.20. The summed E-state index contributed by atoms with van der Waals surface area (Å²) >= 11 is 5.78. The molecule has 1 fully saturated rings. The first-order chi connectivity index (χ1) is 8.20. The third-order valence-electron chi connectivity index (χ3n) is 3.12. The number of nitrogens with two attached hydrogens (primary N) is 1. The first-order valence-corrected chi connectivity index (χ1v) is 6.10. The minimum Gasteiger partial charge on any atom is -0.371 e. The lowest BCUT2D eigenvalue weighted by atomic mass is 9.98. The van der Waals surface area contributed by atoms with E-state index in [4.69, 9.17) is 22.3 Å². The van der Waals surface area contributed by atoms with E-state index in [2.05, 4.69) is 4.90 Å². The van der Waals surface area contributed by atoms with Gasteiger partial charge in [0.05, 0.1) is 11.6 Å². The molecule has 2 rings (SSSR count). The van der Waals surface area contributed by atoms with Crippen molar-refractivity contribution in [3.8, 4) is 0 Å². The predicted octanol–water partition coefficient (Wildman–Crippen LogP) is 2.59. The Morgan fingerprint density at radius 1 is 1.53 bits per heavy atom. The van der Waals surface area contributed by atoms with Crippen molar-refractivity contribution in [2.75, 3.05) is 24.6 Å². The van der Waals surface area contributed by atoms with Crippen LogP contribution in [0, 0.1) is 11.7 Å². The molecule has 94 valence electrons. The van der Waals surface area contributed by atoms with Gasteiger partial charge in [-0.25, -0.2) is 10.3 Å². The minimum atomic E-state index is -0.380. The Hall–Kier alpha value is -0.840. The minimum absolute atomic E-state index is 0.166. The van der Waals surface area contributed by atoms with Crippen molar-refractivity contribution >= 4 is 17.3 Å². The first-order valence-electron chi connectivity index (χ1n) is 5.72. The summed E-state index contributed by atoms with van der Waals surface area (Å²) < 4.78 is 13.1. The van der Waals surface area contributed by atoms with Crippen molar-refractivity contribution in [1.29, 1.82) is 0 Å². The van der Waals surface area contributed by atoms with Gasteiger partial charge in [0.25, 0.3) is 0 Å². The highest BCUT2D eigenvalue weighted by molar-refractivity contribution is 6.31. The average Bonchev–Trinajstić information content (AvgIpc) is 2.33. The van der Waals surface area contributed by atoms with Crippen molar-refractivity contribution < 1.29 is 9.23 Å². The quantitative estimate of drug-likeness (QED) is 0.847. The van der Waals surface area contributed by atoms with Gasteiger partial charge in [-0.2, -0.15) is 0 Å². The maximum atomic E-state index is 13.1. The summed E-state index contributed by atoms with van der Waals surface area (Å²) in [5.41, 5.74) is 0.957. The predicted molar refractivity (Wildman–Crippen MR) is 66.5 cm³/mol. The fraction of sp³-hybridized carbons (Fsp3) is 0.500. The summed E-state index contributed by atoms with van der Waals surface area (Å²) in [4.78, 5) is 6.89. The third kappa shape index (κ3) is 3.09. The molecule has 17 heavy (non-hydrogen) atoms. The second-order valence-corrected chi connectivity index (χ2v) is 4.79. The van der Waals surface area contributed by atoms with Crippen LogP contribution in [0.5, 0.6) is 0 Å². The van der Waals surface area contributed by atoms with Crippen LogP contribution < -0.4 is 10.8 Å². The van der Waals surface area contributed by atoms with Gasteiger partial charge in [-0.05, 0) is 31.0 Å². The summed E-state index contributed by atoms with van der Waals surface area (Å²) in [6.07, 6.45) is 2.20. The first kappa shape index (κ1) is 12.6. The molecule has 1 saturated heterocycles. The van der Waals surface area contributed by atoms with Crippen molar-refractivity contribution in [2.24, 2.45) is 11.8 Å². The highest BCUT2D eigenvalue weighted by atomic mass is 35.5. The molecule has 1 aliphatic rings. The van der Waals surface area contributed by atoms with Crippen molar-refractivity contribution in [1.82, 2.24) is 0 Å². The highest BCUT2D eigenvalue weighted by Crippen LogP contribution is 2.26. The SMILES string of the molecule is NOCC1CCCN(c2ccc(F)c(Cl)c2)C1. The lowest BCUT2D eigenvalue weighted by molar-refractivity contribution is 0.0951. The number of rotatable bonds is 3. The summed E-state index contributed by atoms with van der Waals surface area (Å²) in [6, 6.07) is 4.83. The number of halogens is 2. The van der Waals surface area contributed by atoms with Gasteiger partial charge in [-0.15, -0.1) is 0 Å². The van der Waals surface area contributed by atoms with E-state index < -0.39 is 0 Å². The van der Waals surface area contributed by atoms with Gasteiger partial charge >= 0.3 is 0 Å². The molecule has 0 bridgehead atoms. The zero-order chi connectivity index (χ0) is 12.3. The Morgan fingerprint density at radius 2 is 2.35 bits per heavy atom. The van der Waals surface area contributed by atoms with Gasteiger partial charge in [0.2, 0.25) is 0 Å². The molecule has 1 unspecified atom stereocenters. The van der Waals surface area contributed by atoms with Gasteiger partial charge in [0.15, 0.2) is 0 Å². The van der Waals surface area contributed by atoms with E-state index >= 15 is 0 Å². The molecule has 1 aliphatic heterocycles. The lowest BCUT2D eigenvalue weighted by Crippen LogP contribution is -2.37. The van der Waals surface area contributed by atoms with Crippen molar-refractivity contribution in [3.63, 3.8) is 0 Å². The van der Waals surface area contributed by atoms with Crippen LogP contribution in [-0.4, -0.2) is 19.7 Å². The van der Waals surface area contributed by atoms with E-state index in [9.17, 15) is 4.39 Å². The maximum Gasteiger partial charge on any atom is 0.141 e. The van der Waals surface area contributed by atoms with E-state index in [0.717, 1.165) is 31.6 Å². The lowest BCUT2D eigenvalue weighted by Gasteiger charge is -2.34. The molecule has 1 aromatic carbocycles. The smallest absolute Gasteiger partial charge is 0.141 e.